The van der Waals surface area contributed by atoms with Crippen molar-refractivity contribution in [2.24, 2.45) is 0 Å². The van der Waals surface area contributed by atoms with E-state index in [-0.39, 0.29) is 0 Å². The van der Waals surface area contributed by atoms with E-state index in [1.807, 2.05) is 12.3 Å². The lowest BCUT2D eigenvalue weighted by molar-refractivity contribution is 0.749. The third-order valence-corrected chi connectivity index (χ3v) is 4.15. The minimum atomic E-state index is 0.312. The molecule has 2 nitrogen and oxygen atoms in total. The van der Waals surface area contributed by atoms with Crippen molar-refractivity contribution in [3.8, 4) is 0 Å². The number of anilines is 1. The van der Waals surface area contributed by atoms with E-state index in [0.29, 0.717) is 6.04 Å². The Morgan fingerprint density at radius 1 is 1.10 bits per heavy atom. The number of nitrogens with one attached hydrogen (secondary N) is 1. The summed E-state index contributed by atoms with van der Waals surface area (Å²) in [5, 5.41) is 4.77. The molecule has 0 saturated heterocycles. The van der Waals surface area contributed by atoms with Crippen LogP contribution in [0.2, 0.25) is 0 Å². The monoisotopic (exact) mass is 340 g/mol. The highest BCUT2D eigenvalue weighted by Gasteiger charge is 2.09. The van der Waals surface area contributed by atoms with Crippen LogP contribution >= 0.6 is 15.9 Å². The second kappa shape index (κ2) is 6.27. The quantitative estimate of drug-likeness (QED) is 0.672. The van der Waals surface area contributed by atoms with E-state index in [4.69, 9.17) is 0 Å². The van der Waals surface area contributed by atoms with E-state index in [1.165, 1.54) is 5.56 Å². The average molecular weight is 341 g/mol. The summed E-state index contributed by atoms with van der Waals surface area (Å²) in [5.41, 5.74) is 3.46. The second-order valence-corrected chi connectivity index (χ2v) is 5.98. The molecule has 0 radical (unpaired) electrons. The van der Waals surface area contributed by atoms with Crippen LogP contribution in [0.25, 0.3) is 10.9 Å². The molecule has 3 rings (SSSR count). The van der Waals surface area contributed by atoms with Crippen LogP contribution in [0.4, 0.5) is 5.69 Å². The Morgan fingerprint density at radius 2 is 1.90 bits per heavy atom. The van der Waals surface area contributed by atoms with Crippen molar-refractivity contribution in [3.63, 3.8) is 0 Å². The normalized spacial score (nSPS) is 12.3. The van der Waals surface area contributed by atoms with Crippen LogP contribution in [0.15, 0.2) is 65.3 Å². The summed E-state index contributed by atoms with van der Waals surface area (Å²) in [6.45, 7) is 2.20. The Hall–Kier alpha value is -1.87. The lowest BCUT2D eigenvalue weighted by Crippen LogP contribution is -2.09. The lowest BCUT2D eigenvalue weighted by atomic mass is 10.0. The number of pyridine rings is 1. The molecule has 0 aliphatic rings. The number of hydrogen-bond acceptors (Lipinski definition) is 2. The molecular weight excluding hydrogens is 324 g/mol. The van der Waals surface area contributed by atoms with Crippen LogP contribution in [0, 0.1) is 0 Å². The Balaban J connectivity index is 1.86. The van der Waals surface area contributed by atoms with Gasteiger partial charge in [0.05, 0.1) is 11.6 Å². The van der Waals surface area contributed by atoms with E-state index in [1.54, 1.807) is 0 Å². The summed E-state index contributed by atoms with van der Waals surface area (Å²) >= 11 is 3.48. The lowest BCUT2D eigenvalue weighted by Gasteiger charge is -2.19. The third-order valence-electron chi connectivity index (χ3n) is 3.62. The van der Waals surface area contributed by atoms with Crippen molar-refractivity contribution in [1.82, 2.24) is 4.98 Å². The van der Waals surface area contributed by atoms with Crippen molar-refractivity contribution in [1.29, 1.82) is 0 Å². The average Bonchev–Trinajstić information content (AvgIpc) is 2.53. The highest BCUT2D eigenvalue weighted by atomic mass is 79.9. The van der Waals surface area contributed by atoms with Gasteiger partial charge in [0, 0.05) is 21.7 Å². The molecule has 21 heavy (non-hydrogen) atoms. The zero-order valence-electron chi connectivity index (χ0n) is 11.9. The van der Waals surface area contributed by atoms with Gasteiger partial charge >= 0.3 is 0 Å². The minimum absolute atomic E-state index is 0.312. The van der Waals surface area contributed by atoms with Crippen molar-refractivity contribution in [3.05, 3.63) is 70.8 Å². The highest BCUT2D eigenvalue weighted by molar-refractivity contribution is 9.10. The van der Waals surface area contributed by atoms with E-state index in [0.717, 1.165) is 27.5 Å². The number of halogens is 1. The first kappa shape index (κ1) is 14.1. The molecule has 0 bridgehead atoms. The van der Waals surface area contributed by atoms with Crippen LogP contribution in [-0.2, 0) is 0 Å². The molecule has 0 fully saturated rings. The van der Waals surface area contributed by atoms with Gasteiger partial charge in [0.15, 0.2) is 0 Å². The first-order valence-electron chi connectivity index (χ1n) is 7.13. The summed E-state index contributed by atoms with van der Waals surface area (Å²) in [5.74, 6) is 0. The van der Waals surface area contributed by atoms with E-state index in [2.05, 4.69) is 81.7 Å². The second-order valence-electron chi connectivity index (χ2n) is 5.07. The van der Waals surface area contributed by atoms with Crippen LogP contribution in [0.1, 0.15) is 24.9 Å². The first-order valence-corrected chi connectivity index (χ1v) is 7.92. The largest absolute Gasteiger partial charge is 0.378 e. The molecule has 3 heteroatoms. The summed E-state index contributed by atoms with van der Waals surface area (Å²) in [7, 11) is 0. The number of rotatable bonds is 4. The predicted octanol–water partition coefficient (Wildman–Crippen LogP) is 5.56. The van der Waals surface area contributed by atoms with E-state index in [9.17, 15) is 0 Å². The molecule has 1 aromatic heterocycles. The number of benzene rings is 2. The molecule has 1 unspecified atom stereocenters. The smallest absolute Gasteiger partial charge is 0.0703 e. The Labute approximate surface area is 133 Å². The summed E-state index contributed by atoms with van der Waals surface area (Å²) in [6, 6.07) is 19.2. The maximum atomic E-state index is 4.36. The van der Waals surface area contributed by atoms with Gasteiger partial charge in [0.2, 0.25) is 0 Å². The highest BCUT2D eigenvalue weighted by Crippen LogP contribution is 2.25. The van der Waals surface area contributed by atoms with Crippen molar-refractivity contribution in [2.75, 3.05) is 5.32 Å². The van der Waals surface area contributed by atoms with Gasteiger partial charge in [0.25, 0.3) is 0 Å². The van der Waals surface area contributed by atoms with Crippen LogP contribution in [0.5, 0.6) is 0 Å². The van der Waals surface area contributed by atoms with Crippen molar-refractivity contribution >= 4 is 32.5 Å². The summed E-state index contributed by atoms with van der Waals surface area (Å²) in [6.07, 6.45) is 2.86. The maximum Gasteiger partial charge on any atom is 0.0703 e. The third kappa shape index (κ3) is 3.24. The summed E-state index contributed by atoms with van der Waals surface area (Å²) in [4.78, 5) is 4.36. The molecule has 106 valence electrons. The number of hydrogen-bond donors (Lipinski definition) is 1. The predicted molar refractivity (Wildman–Crippen MR) is 92.5 cm³/mol. The molecule has 3 aromatic rings. The topological polar surface area (TPSA) is 24.9 Å². The van der Waals surface area contributed by atoms with Gasteiger partial charge in [-0.15, -0.1) is 0 Å². The zero-order chi connectivity index (χ0) is 14.7. The Morgan fingerprint density at radius 3 is 2.67 bits per heavy atom. The van der Waals surface area contributed by atoms with Crippen LogP contribution in [-0.4, -0.2) is 4.98 Å². The number of aromatic nitrogens is 1. The Kier molecular flexibility index (Phi) is 4.20. The minimum Gasteiger partial charge on any atom is -0.378 e. The van der Waals surface area contributed by atoms with Gasteiger partial charge in [-0.3, -0.25) is 4.98 Å². The van der Waals surface area contributed by atoms with Crippen molar-refractivity contribution < 1.29 is 0 Å². The molecule has 2 aromatic carbocycles. The molecule has 1 N–H and O–H groups in total. The fraction of sp³-hybridized carbons (Fsp3) is 0.167. The van der Waals surface area contributed by atoms with Gasteiger partial charge in [-0.05, 0) is 48.4 Å². The van der Waals surface area contributed by atoms with Crippen LogP contribution in [0.3, 0.4) is 0 Å². The maximum absolute atomic E-state index is 4.36. The molecule has 1 heterocycles. The number of fused-ring (bicyclic) bond motifs is 1. The molecule has 0 aliphatic carbocycles. The standard InChI is InChI=1S/C18H17BrN2/c1-2-17(13-5-7-15(19)8-6-13)21-16-9-10-18-14(12-16)4-3-11-20-18/h3-12,17,21H,2H2,1H3. The van der Waals surface area contributed by atoms with Crippen molar-refractivity contribution in [2.45, 2.75) is 19.4 Å². The van der Waals surface area contributed by atoms with E-state index >= 15 is 0 Å². The molecule has 0 saturated carbocycles. The van der Waals surface area contributed by atoms with E-state index < -0.39 is 0 Å². The SMILES string of the molecule is CCC(Nc1ccc2ncccc2c1)c1ccc(Br)cc1. The molecule has 0 amide bonds. The summed E-state index contributed by atoms with van der Waals surface area (Å²) < 4.78 is 1.11. The van der Waals surface area contributed by atoms with Gasteiger partial charge in [0.1, 0.15) is 0 Å². The molecular formula is C18H17BrN2. The Bertz CT molecular complexity index is 738. The van der Waals surface area contributed by atoms with Crippen LogP contribution < -0.4 is 5.32 Å². The van der Waals surface area contributed by atoms with Gasteiger partial charge in [-0.1, -0.05) is 41.1 Å². The van der Waals surface area contributed by atoms with Gasteiger partial charge in [-0.2, -0.15) is 0 Å². The molecule has 1 atom stereocenters. The molecule has 0 spiro atoms. The fourth-order valence-electron chi connectivity index (χ4n) is 2.48. The number of nitrogens with zero attached hydrogens (tertiary/aromatic N) is 1. The van der Waals surface area contributed by atoms with Gasteiger partial charge in [-0.25, -0.2) is 0 Å². The first-order chi connectivity index (χ1) is 10.3. The zero-order valence-corrected chi connectivity index (χ0v) is 13.5. The molecule has 0 aliphatic heterocycles. The van der Waals surface area contributed by atoms with Gasteiger partial charge < -0.3 is 5.32 Å². The fourth-order valence-corrected chi connectivity index (χ4v) is 2.75.